The molecule has 2 heterocycles. The molecule has 3 rings (SSSR count). The predicted molar refractivity (Wildman–Crippen MR) is 84.9 cm³/mol. The number of piperidine rings is 1. The van der Waals surface area contributed by atoms with E-state index in [1.165, 1.54) is 12.1 Å². The Morgan fingerprint density at radius 2 is 2.00 bits per heavy atom. The highest BCUT2D eigenvalue weighted by atomic mass is 32.2. The van der Waals surface area contributed by atoms with E-state index in [0.717, 1.165) is 25.9 Å². The van der Waals surface area contributed by atoms with Crippen molar-refractivity contribution in [2.24, 2.45) is 5.92 Å². The van der Waals surface area contributed by atoms with Crippen molar-refractivity contribution in [3.63, 3.8) is 0 Å². The summed E-state index contributed by atoms with van der Waals surface area (Å²) in [5, 5.41) is 13.1. The van der Waals surface area contributed by atoms with E-state index in [2.05, 4.69) is 17.2 Å². The monoisotopic (exact) mass is 353 g/mol. The summed E-state index contributed by atoms with van der Waals surface area (Å²) in [6.45, 7) is 1.11. The van der Waals surface area contributed by atoms with Crippen LogP contribution in [-0.2, 0) is 15.0 Å². The number of hydrogen-bond acceptors (Lipinski definition) is 5. The van der Waals surface area contributed by atoms with E-state index >= 15 is 0 Å². The van der Waals surface area contributed by atoms with Gasteiger partial charge in [0.1, 0.15) is 18.0 Å². The maximum Gasteiger partial charge on any atom is 0.326 e. The smallest absolute Gasteiger partial charge is 0.326 e. The lowest BCUT2D eigenvalue weighted by Gasteiger charge is -2.18. The number of anilines is 1. The molecule has 1 aromatic rings. The van der Waals surface area contributed by atoms with Crippen LogP contribution in [0.1, 0.15) is 18.4 Å². The number of phenols is 1. The van der Waals surface area contributed by atoms with Gasteiger partial charge in [0.25, 0.3) is 5.91 Å². The number of halogens is 1. The molecule has 2 aliphatic heterocycles. The van der Waals surface area contributed by atoms with Crippen molar-refractivity contribution in [3.05, 3.63) is 23.5 Å². The van der Waals surface area contributed by atoms with Crippen LogP contribution in [0, 0.1) is 23.6 Å². The molecule has 0 unspecified atom stereocenters. The third kappa shape index (κ3) is 3.16. The third-order valence-corrected chi connectivity index (χ3v) is 5.29. The summed E-state index contributed by atoms with van der Waals surface area (Å²) >= 11 is 0. The van der Waals surface area contributed by atoms with Crippen molar-refractivity contribution >= 4 is 21.8 Å². The first-order chi connectivity index (χ1) is 11.4. The maximum atomic E-state index is 14.7. The molecule has 2 saturated heterocycles. The van der Waals surface area contributed by atoms with Crippen LogP contribution < -0.4 is 14.3 Å². The lowest BCUT2D eigenvalue weighted by molar-refractivity contribution is -0.117. The van der Waals surface area contributed by atoms with Crippen molar-refractivity contribution in [2.45, 2.75) is 12.8 Å². The Morgan fingerprint density at radius 3 is 2.62 bits per heavy atom. The zero-order chi connectivity index (χ0) is 17.3. The summed E-state index contributed by atoms with van der Waals surface area (Å²) in [4.78, 5) is 11.3. The fraction of sp³-hybridized carbons (Fsp3) is 0.400. The van der Waals surface area contributed by atoms with Crippen molar-refractivity contribution in [3.8, 4) is 17.6 Å². The Balaban J connectivity index is 1.97. The summed E-state index contributed by atoms with van der Waals surface area (Å²) in [6, 6.07) is 2.46. The minimum atomic E-state index is -4.21. The zero-order valence-electron chi connectivity index (χ0n) is 12.7. The van der Waals surface area contributed by atoms with E-state index in [1.807, 2.05) is 0 Å². The van der Waals surface area contributed by atoms with Gasteiger partial charge in [-0.1, -0.05) is 11.8 Å². The van der Waals surface area contributed by atoms with Crippen molar-refractivity contribution in [1.29, 1.82) is 0 Å². The quantitative estimate of drug-likeness (QED) is 0.621. The second kappa shape index (κ2) is 6.30. The minimum absolute atomic E-state index is 0.0177. The Labute approximate surface area is 139 Å². The van der Waals surface area contributed by atoms with Gasteiger partial charge in [-0.05, 0) is 38.1 Å². The second-order valence-electron chi connectivity index (χ2n) is 5.63. The number of hydrogen-bond donors (Lipinski definition) is 3. The third-order valence-electron chi connectivity index (χ3n) is 3.91. The molecular weight excluding hydrogens is 337 g/mol. The molecule has 0 atom stereocenters. The summed E-state index contributed by atoms with van der Waals surface area (Å²) < 4.78 is 40.7. The van der Waals surface area contributed by atoms with E-state index in [4.69, 9.17) is 0 Å². The second-order valence-corrected chi connectivity index (χ2v) is 7.22. The van der Waals surface area contributed by atoms with E-state index in [9.17, 15) is 22.7 Å². The number of carbonyl (C=O) groups is 1. The molecule has 0 bridgehead atoms. The number of carbonyl (C=O) groups excluding carboxylic acids is 1. The molecule has 2 aliphatic rings. The van der Waals surface area contributed by atoms with Gasteiger partial charge in [-0.2, -0.15) is 8.42 Å². The van der Waals surface area contributed by atoms with Crippen LogP contribution in [0.4, 0.5) is 10.1 Å². The van der Waals surface area contributed by atoms with Gasteiger partial charge in [-0.3, -0.25) is 4.79 Å². The number of nitrogens with one attached hydrogen (secondary N) is 2. The number of nitrogens with zero attached hydrogens (tertiary/aromatic N) is 1. The average Bonchev–Trinajstić information content (AvgIpc) is 2.80. The average molecular weight is 353 g/mol. The van der Waals surface area contributed by atoms with Gasteiger partial charge in [0, 0.05) is 5.92 Å². The summed E-state index contributed by atoms with van der Waals surface area (Å²) in [7, 11) is -4.21. The predicted octanol–water partition coefficient (Wildman–Crippen LogP) is 0.0634. The van der Waals surface area contributed by atoms with Crippen LogP contribution in [0.3, 0.4) is 0 Å². The normalized spacial score (nSPS) is 20.4. The largest absolute Gasteiger partial charge is 0.506 e. The molecule has 7 nitrogen and oxygen atoms in total. The topological polar surface area (TPSA) is 98.7 Å². The Kier molecular flexibility index (Phi) is 4.34. The van der Waals surface area contributed by atoms with E-state index < -0.39 is 39.9 Å². The molecule has 24 heavy (non-hydrogen) atoms. The molecule has 0 aromatic heterocycles. The highest BCUT2D eigenvalue weighted by Gasteiger charge is 2.37. The van der Waals surface area contributed by atoms with Gasteiger partial charge in [0.05, 0.1) is 5.56 Å². The first-order valence-electron chi connectivity index (χ1n) is 7.45. The first kappa shape index (κ1) is 16.5. The SMILES string of the molecule is O=C1CN(c2c(O)ccc(C#CC3CCNCC3)c2F)S(=O)(=O)N1. The van der Waals surface area contributed by atoms with Crippen LogP contribution in [0.25, 0.3) is 0 Å². The lowest BCUT2D eigenvalue weighted by Crippen LogP contribution is -2.30. The van der Waals surface area contributed by atoms with Crippen molar-refractivity contribution in [1.82, 2.24) is 10.0 Å². The summed E-state index contributed by atoms with van der Waals surface area (Å²) in [6.07, 6.45) is 1.72. The van der Waals surface area contributed by atoms with Crippen LogP contribution >= 0.6 is 0 Å². The van der Waals surface area contributed by atoms with Gasteiger partial charge in [-0.25, -0.2) is 13.4 Å². The zero-order valence-corrected chi connectivity index (χ0v) is 13.5. The fourth-order valence-electron chi connectivity index (χ4n) is 2.68. The molecule has 1 amide bonds. The molecule has 1 aromatic carbocycles. The molecule has 128 valence electrons. The Bertz CT molecular complexity index is 838. The number of phenolic OH excluding ortho intramolecular Hbond substituents is 1. The van der Waals surface area contributed by atoms with Crippen LogP contribution in [0.15, 0.2) is 12.1 Å². The molecular formula is C15H16FN3O4S. The van der Waals surface area contributed by atoms with E-state index in [-0.39, 0.29) is 11.5 Å². The van der Waals surface area contributed by atoms with Crippen LogP contribution in [0.2, 0.25) is 0 Å². The highest BCUT2D eigenvalue weighted by Crippen LogP contribution is 2.34. The number of benzene rings is 1. The molecule has 3 N–H and O–H groups in total. The van der Waals surface area contributed by atoms with Crippen LogP contribution in [0.5, 0.6) is 5.75 Å². The fourth-order valence-corrected chi connectivity index (χ4v) is 3.84. The molecule has 0 saturated carbocycles. The van der Waals surface area contributed by atoms with Gasteiger partial charge >= 0.3 is 10.2 Å². The summed E-state index contributed by atoms with van der Waals surface area (Å²) in [5.41, 5.74) is -0.582. The van der Waals surface area contributed by atoms with Gasteiger partial charge < -0.3 is 10.4 Å². The molecule has 0 radical (unpaired) electrons. The Hall–Kier alpha value is -2.31. The maximum absolute atomic E-state index is 14.7. The van der Waals surface area contributed by atoms with Gasteiger partial charge in [0.15, 0.2) is 5.82 Å². The van der Waals surface area contributed by atoms with Gasteiger partial charge in [-0.15, -0.1) is 0 Å². The first-order valence-corrected chi connectivity index (χ1v) is 8.89. The van der Waals surface area contributed by atoms with E-state index in [0.29, 0.717) is 4.31 Å². The van der Waals surface area contributed by atoms with Crippen molar-refractivity contribution < 1.29 is 22.7 Å². The molecule has 0 spiro atoms. The Morgan fingerprint density at radius 1 is 1.29 bits per heavy atom. The standard InChI is InChI=1S/C15H16FN3O4S/c16-14-11(2-1-10-5-7-17-8-6-10)3-4-12(20)15(14)19-9-13(21)18-24(19,22)23/h3-4,10,17,20H,5-9H2,(H,18,21). The van der Waals surface area contributed by atoms with Crippen LogP contribution in [-0.4, -0.2) is 39.1 Å². The minimum Gasteiger partial charge on any atom is -0.506 e. The molecule has 0 aliphatic carbocycles. The van der Waals surface area contributed by atoms with Crippen molar-refractivity contribution in [2.75, 3.05) is 23.9 Å². The molecule has 2 fully saturated rings. The highest BCUT2D eigenvalue weighted by molar-refractivity contribution is 7.92. The lowest BCUT2D eigenvalue weighted by atomic mass is 9.98. The number of amides is 1. The summed E-state index contributed by atoms with van der Waals surface area (Å²) in [5.74, 6) is 3.52. The number of aromatic hydroxyl groups is 1. The molecule has 9 heteroatoms. The number of rotatable bonds is 1. The van der Waals surface area contributed by atoms with Gasteiger partial charge in [0.2, 0.25) is 0 Å². The van der Waals surface area contributed by atoms with E-state index in [1.54, 1.807) is 4.72 Å².